The van der Waals surface area contributed by atoms with Crippen LogP contribution in [-0.4, -0.2) is 38.0 Å². The molecule has 8 nitrogen and oxygen atoms in total. The number of ether oxygens (including phenoxy) is 3. The Labute approximate surface area is 255 Å². The van der Waals surface area contributed by atoms with Gasteiger partial charge in [-0.25, -0.2) is 4.79 Å². The summed E-state index contributed by atoms with van der Waals surface area (Å²) in [5, 5.41) is 0.423. The summed E-state index contributed by atoms with van der Waals surface area (Å²) in [4.78, 5) is 43.8. The zero-order chi connectivity index (χ0) is 30.7. The van der Waals surface area contributed by atoms with Crippen LogP contribution in [0.15, 0.2) is 102 Å². The molecule has 3 atom stereocenters. The third-order valence-corrected chi connectivity index (χ3v) is 8.03. The average molecular weight is 601 g/mol. The molecule has 1 heterocycles. The minimum absolute atomic E-state index is 0.0995. The van der Waals surface area contributed by atoms with Crippen LogP contribution in [0.4, 0.5) is 5.69 Å². The minimum Gasteiger partial charge on any atom is -0.497 e. The van der Waals surface area contributed by atoms with Gasteiger partial charge in [0.05, 0.1) is 31.8 Å². The average Bonchev–Trinajstić information content (AvgIpc) is 3.01. The largest absolute Gasteiger partial charge is 0.497 e. The van der Waals surface area contributed by atoms with Crippen LogP contribution in [0, 0.1) is 5.92 Å². The van der Waals surface area contributed by atoms with Gasteiger partial charge < -0.3 is 19.9 Å². The van der Waals surface area contributed by atoms with Crippen LogP contribution in [0.3, 0.4) is 0 Å². The van der Waals surface area contributed by atoms with E-state index in [0.717, 1.165) is 5.56 Å². The maximum atomic E-state index is 14.8. The van der Waals surface area contributed by atoms with E-state index in [9.17, 15) is 14.4 Å². The summed E-state index contributed by atoms with van der Waals surface area (Å²) < 4.78 is 16.4. The molecule has 0 spiro atoms. The van der Waals surface area contributed by atoms with Crippen LogP contribution in [0.1, 0.15) is 43.2 Å². The van der Waals surface area contributed by atoms with Crippen molar-refractivity contribution in [3.63, 3.8) is 0 Å². The lowest BCUT2D eigenvalue weighted by atomic mass is 9.67. The molecular weight excluding hydrogens is 568 g/mol. The lowest BCUT2D eigenvalue weighted by molar-refractivity contribution is -0.152. The van der Waals surface area contributed by atoms with Crippen molar-refractivity contribution in [1.82, 2.24) is 0 Å². The second kappa shape index (κ2) is 12.8. The monoisotopic (exact) mass is 600 g/mol. The highest BCUT2D eigenvalue weighted by atomic mass is 35.5. The summed E-state index contributed by atoms with van der Waals surface area (Å²) in [7, 11) is 1.56. The molecule has 1 aliphatic carbocycles. The first-order chi connectivity index (χ1) is 20.8. The number of allylic oxidation sites excluding steroid dienone is 2. The number of carbonyl (C=O) groups excluding carboxylic acids is 3. The van der Waals surface area contributed by atoms with E-state index in [1.807, 2.05) is 48.5 Å². The van der Waals surface area contributed by atoms with Crippen molar-refractivity contribution >= 4 is 35.0 Å². The maximum absolute atomic E-state index is 14.8. The second-order valence-corrected chi connectivity index (χ2v) is 10.7. The molecule has 2 aliphatic rings. The fourth-order valence-electron chi connectivity index (χ4n) is 6.02. The molecular formula is C34H33ClN2O6. The molecule has 3 unspecified atom stereocenters. The molecule has 43 heavy (non-hydrogen) atoms. The van der Waals surface area contributed by atoms with E-state index < -0.39 is 35.5 Å². The Morgan fingerprint density at radius 1 is 0.930 bits per heavy atom. The summed E-state index contributed by atoms with van der Waals surface area (Å²) in [5.74, 6) is -3.71. The third kappa shape index (κ3) is 5.62. The molecule has 3 aromatic rings. The van der Waals surface area contributed by atoms with Crippen molar-refractivity contribution in [2.45, 2.75) is 32.1 Å². The van der Waals surface area contributed by atoms with Gasteiger partial charge in [0.15, 0.2) is 5.78 Å². The van der Waals surface area contributed by atoms with Crippen molar-refractivity contribution in [1.29, 1.82) is 0 Å². The molecule has 0 saturated heterocycles. The van der Waals surface area contributed by atoms with Gasteiger partial charge in [-0.15, -0.1) is 0 Å². The molecule has 0 radical (unpaired) electrons. The van der Waals surface area contributed by atoms with E-state index in [-0.39, 0.29) is 36.6 Å². The van der Waals surface area contributed by atoms with Gasteiger partial charge in [0.2, 0.25) is 0 Å². The van der Waals surface area contributed by atoms with E-state index in [2.05, 4.69) is 0 Å². The minimum atomic E-state index is -1.17. The number of rotatable bonds is 8. The number of benzene rings is 3. The number of nitrogens with two attached hydrogens (primary N) is 1. The molecule has 222 valence electrons. The van der Waals surface area contributed by atoms with Gasteiger partial charge >= 0.3 is 11.9 Å². The van der Waals surface area contributed by atoms with E-state index in [1.54, 1.807) is 56.2 Å². The van der Waals surface area contributed by atoms with Crippen LogP contribution < -0.4 is 15.4 Å². The quantitative estimate of drug-likeness (QED) is 0.252. The number of esters is 2. The van der Waals surface area contributed by atoms with Crippen LogP contribution in [0.2, 0.25) is 5.02 Å². The Kier molecular flexibility index (Phi) is 8.87. The molecule has 0 fully saturated rings. The molecule has 0 aromatic heterocycles. The summed E-state index contributed by atoms with van der Waals surface area (Å²) in [6.07, 6.45) is 0.250. The highest BCUT2D eigenvalue weighted by Crippen LogP contribution is 2.52. The first kappa shape index (κ1) is 29.9. The highest BCUT2D eigenvalue weighted by Gasteiger charge is 2.51. The number of ketones is 1. The van der Waals surface area contributed by atoms with Crippen molar-refractivity contribution in [3.8, 4) is 5.75 Å². The summed E-state index contributed by atoms with van der Waals surface area (Å²) in [5.41, 5.74) is 9.83. The Morgan fingerprint density at radius 2 is 1.63 bits per heavy atom. The number of hydrogen-bond donors (Lipinski definition) is 1. The van der Waals surface area contributed by atoms with E-state index >= 15 is 0 Å². The topological polar surface area (TPSA) is 108 Å². The van der Waals surface area contributed by atoms with Crippen molar-refractivity contribution in [2.75, 3.05) is 25.2 Å². The smallest absolute Gasteiger partial charge is 0.338 e. The van der Waals surface area contributed by atoms with Crippen LogP contribution in [0.5, 0.6) is 5.75 Å². The Bertz CT molecular complexity index is 1620. The first-order valence-electron chi connectivity index (χ1n) is 14.2. The zero-order valence-corrected chi connectivity index (χ0v) is 25.0. The maximum Gasteiger partial charge on any atom is 0.338 e. The standard InChI is InChI=1S/C34H33ClN2O6/c1-4-42-33(39)28-25(20-11-10-16-24(18-20)41-3)19-26-29(31(28)38)27(21-12-9-13-22(35)17-21)30(34(40)43-5-2)32(36)37(26)23-14-7-6-8-15-23/h6-18,25,27-28H,4-5,19,36H2,1-3H3. The van der Waals surface area contributed by atoms with Gasteiger partial charge in [-0.2, -0.15) is 0 Å². The number of carbonyl (C=O) groups is 3. The Balaban J connectivity index is 1.82. The van der Waals surface area contributed by atoms with Crippen molar-refractivity contribution < 1.29 is 28.6 Å². The Hall–Kier alpha value is -4.56. The van der Waals surface area contributed by atoms with Gasteiger partial charge in [-0.3, -0.25) is 14.5 Å². The van der Waals surface area contributed by atoms with Crippen LogP contribution in [0.25, 0.3) is 0 Å². The number of Topliss-reactive ketones (excluding diaryl/α,β-unsaturated/α-hetero) is 1. The predicted molar refractivity (Wildman–Crippen MR) is 163 cm³/mol. The normalized spacial score (nSPS) is 20.0. The molecule has 3 aromatic carbocycles. The summed E-state index contributed by atoms with van der Waals surface area (Å²) >= 11 is 6.42. The zero-order valence-electron chi connectivity index (χ0n) is 24.2. The predicted octanol–water partition coefficient (Wildman–Crippen LogP) is 5.88. The number of halogens is 1. The third-order valence-electron chi connectivity index (χ3n) is 7.79. The lowest BCUT2D eigenvalue weighted by Gasteiger charge is -2.44. The second-order valence-electron chi connectivity index (χ2n) is 10.2. The number of methoxy groups -OCH3 is 1. The molecule has 0 saturated carbocycles. The number of anilines is 1. The molecule has 5 rings (SSSR count). The number of para-hydroxylation sites is 1. The lowest BCUT2D eigenvalue weighted by Crippen LogP contribution is -2.46. The van der Waals surface area contributed by atoms with Gasteiger partial charge in [0, 0.05) is 27.9 Å². The van der Waals surface area contributed by atoms with Crippen molar-refractivity contribution in [3.05, 3.63) is 118 Å². The highest BCUT2D eigenvalue weighted by molar-refractivity contribution is 6.30. The van der Waals surface area contributed by atoms with Gasteiger partial charge in [0.1, 0.15) is 17.5 Å². The summed E-state index contributed by atoms with van der Waals surface area (Å²) in [6, 6.07) is 23.5. The van der Waals surface area contributed by atoms with Gasteiger partial charge in [-0.05, 0) is 67.8 Å². The van der Waals surface area contributed by atoms with E-state index in [4.69, 9.17) is 31.5 Å². The molecule has 2 N–H and O–H groups in total. The number of hydrogen-bond acceptors (Lipinski definition) is 8. The van der Waals surface area contributed by atoms with Crippen LogP contribution in [-0.2, 0) is 23.9 Å². The summed E-state index contributed by atoms with van der Waals surface area (Å²) in [6.45, 7) is 3.61. The van der Waals surface area contributed by atoms with Gasteiger partial charge in [-0.1, -0.05) is 54.1 Å². The van der Waals surface area contributed by atoms with Gasteiger partial charge in [0.25, 0.3) is 0 Å². The Morgan fingerprint density at radius 3 is 2.30 bits per heavy atom. The first-order valence-corrected chi connectivity index (χ1v) is 14.5. The van der Waals surface area contributed by atoms with E-state index in [1.165, 1.54) is 0 Å². The van der Waals surface area contributed by atoms with Crippen LogP contribution >= 0.6 is 11.6 Å². The number of nitrogens with zero attached hydrogens (tertiary/aromatic N) is 1. The molecule has 1 aliphatic heterocycles. The molecule has 0 bridgehead atoms. The SMILES string of the molecule is CCOC(=O)C1=C(N)N(c2ccccc2)C2=C(C(=O)C(C(=O)OCC)C(c3cccc(OC)c3)C2)C1c1cccc(Cl)c1. The van der Waals surface area contributed by atoms with Crippen molar-refractivity contribution in [2.24, 2.45) is 11.7 Å². The fraction of sp³-hybridized carbons (Fsp3) is 0.265. The molecule has 0 amide bonds. The molecule has 9 heteroatoms. The fourth-order valence-corrected chi connectivity index (χ4v) is 6.21. The van der Waals surface area contributed by atoms with E-state index in [0.29, 0.717) is 27.7 Å².